The minimum absolute atomic E-state index is 0.0880. The zero-order valence-corrected chi connectivity index (χ0v) is 21.4. The highest BCUT2D eigenvalue weighted by molar-refractivity contribution is 6.06. The molecule has 0 aromatic heterocycles. The van der Waals surface area contributed by atoms with E-state index in [1.54, 1.807) is 12.1 Å². The van der Waals surface area contributed by atoms with E-state index < -0.39 is 6.03 Å². The van der Waals surface area contributed by atoms with Gasteiger partial charge in [-0.25, -0.2) is 4.79 Å². The fourth-order valence-corrected chi connectivity index (χ4v) is 4.74. The maximum absolute atomic E-state index is 12.4. The molecule has 0 radical (unpaired) electrons. The summed E-state index contributed by atoms with van der Waals surface area (Å²) in [5.74, 6) is 0.825. The van der Waals surface area contributed by atoms with Crippen LogP contribution in [0.3, 0.4) is 0 Å². The Labute approximate surface area is 208 Å². The van der Waals surface area contributed by atoms with Crippen LogP contribution in [0.4, 0.5) is 10.5 Å². The van der Waals surface area contributed by atoms with Gasteiger partial charge in [0.1, 0.15) is 5.75 Å². The molecule has 1 aromatic rings. The molecule has 1 aromatic carbocycles. The number of imide groups is 1. The molecule has 2 aliphatic rings. The maximum atomic E-state index is 12.4. The van der Waals surface area contributed by atoms with Crippen LogP contribution in [0.5, 0.6) is 5.75 Å². The van der Waals surface area contributed by atoms with E-state index in [1.165, 1.54) is 17.7 Å². The summed E-state index contributed by atoms with van der Waals surface area (Å²) in [7, 11) is 0. The largest absolute Gasteiger partial charge is 0.484 e. The number of rotatable bonds is 12. The predicted molar refractivity (Wildman–Crippen MR) is 137 cm³/mol. The van der Waals surface area contributed by atoms with Gasteiger partial charge in [-0.15, -0.1) is 0 Å². The Morgan fingerprint density at radius 2 is 2.06 bits per heavy atom. The number of hydrogen-bond acceptors (Lipinski definition) is 6. The highest BCUT2D eigenvalue weighted by Crippen LogP contribution is 2.27. The van der Waals surface area contributed by atoms with E-state index >= 15 is 0 Å². The number of ether oxygens (including phenoxy) is 1. The first-order valence-electron chi connectivity index (χ1n) is 12.9. The van der Waals surface area contributed by atoms with Gasteiger partial charge < -0.3 is 20.3 Å². The number of carbonyl (C=O) groups is 3. The van der Waals surface area contributed by atoms with Crippen LogP contribution >= 0.6 is 0 Å². The highest BCUT2D eigenvalue weighted by atomic mass is 16.5. The Morgan fingerprint density at radius 3 is 2.77 bits per heavy atom. The third-order valence-electron chi connectivity index (χ3n) is 6.87. The second-order valence-corrected chi connectivity index (χ2v) is 9.67. The topological polar surface area (TPSA) is 103 Å². The summed E-state index contributed by atoms with van der Waals surface area (Å²) in [5.41, 5.74) is 1.56. The Hall–Kier alpha value is -2.65. The number of aryl methyl sites for hydroxylation is 1. The fraction of sp³-hybridized carbons (Fsp3) is 0.654. The molecule has 2 aliphatic heterocycles. The van der Waals surface area contributed by atoms with E-state index in [2.05, 4.69) is 34.7 Å². The van der Waals surface area contributed by atoms with Crippen molar-refractivity contribution in [2.24, 2.45) is 5.92 Å². The first-order valence-corrected chi connectivity index (χ1v) is 12.9. The van der Waals surface area contributed by atoms with Gasteiger partial charge >= 0.3 is 6.03 Å². The van der Waals surface area contributed by atoms with Gasteiger partial charge in [-0.3, -0.25) is 19.8 Å². The number of carbonyl (C=O) groups excluding carboxylic acids is 3. The monoisotopic (exact) mass is 487 g/mol. The van der Waals surface area contributed by atoms with Crippen LogP contribution in [-0.4, -0.2) is 74.7 Å². The quantitative estimate of drug-likeness (QED) is 0.419. The first-order chi connectivity index (χ1) is 16.9. The van der Waals surface area contributed by atoms with Crippen molar-refractivity contribution in [3.05, 3.63) is 23.8 Å². The van der Waals surface area contributed by atoms with Gasteiger partial charge in [0.05, 0.1) is 5.69 Å². The van der Waals surface area contributed by atoms with E-state index in [0.29, 0.717) is 30.6 Å². The number of anilines is 1. The summed E-state index contributed by atoms with van der Waals surface area (Å²) < 4.78 is 5.70. The van der Waals surface area contributed by atoms with Crippen LogP contribution in [0.1, 0.15) is 51.5 Å². The van der Waals surface area contributed by atoms with Gasteiger partial charge in [0.2, 0.25) is 5.91 Å². The zero-order valence-electron chi connectivity index (χ0n) is 21.4. The van der Waals surface area contributed by atoms with Gasteiger partial charge in [0.25, 0.3) is 5.91 Å². The molecule has 0 bridgehead atoms. The molecular formula is C26H41N5O4. The molecule has 3 rings (SSSR count). The summed E-state index contributed by atoms with van der Waals surface area (Å²) in [5, 5.41) is 8.74. The second kappa shape index (κ2) is 13.4. The van der Waals surface area contributed by atoms with Gasteiger partial charge in [0, 0.05) is 38.2 Å². The van der Waals surface area contributed by atoms with Crippen LogP contribution in [0.15, 0.2) is 18.2 Å². The lowest BCUT2D eigenvalue weighted by Crippen LogP contribution is -2.49. The second-order valence-electron chi connectivity index (χ2n) is 9.67. The Kier molecular flexibility index (Phi) is 10.3. The van der Waals surface area contributed by atoms with Crippen LogP contribution in [0, 0.1) is 12.8 Å². The van der Waals surface area contributed by atoms with Crippen LogP contribution in [0.2, 0.25) is 0 Å². The minimum atomic E-state index is -0.439. The zero-order chi connectivity index (χ0) is 25.2. The fourth-order valence-electron chi connectivity index (χ4n) is 4.74. The lowest BCUT2D eigenvalue weighted by molar-refractivity contribution is -0.123. The molecule has 2 heterocycles. The van der Waals surface area contributed by atoms with E-state index in [1.807, 2.05) is 13.0 Å². The lowest BCUT2D eigenvalue weighted by Gasteiger charge is -2.34. The average Bonchev–Trinajstić information content (AvgIpc) is 2.84. The molecule has 4 amide bonds. The van der Waals surface area contributed by atoms with Crippen molar-refractivity contribution in [2.45, 2.75) is 58.9 Å². The van der Waals surface area contributed by atoms with Crippen molar-refractivity contribution in [1.82, 2.24) is 20.9 Å². The van der Waals surface area contributed by atoms with Crippen molar-refractivity contribution in [1.29, 1.82) is 0 Å². The lowest BCUT2D eigenvalue weighted by atomic mass is 9.96. The Balaban J connectivity index is 1.43. The summed E-state index contributed by atoms with van der Waals surface area (Å²) >= 11 is 0. The van der Waals surface area contributed by atoms with Crippen molar-refractivity contribution in [3.8, 4) is 5.75 Å². The Bertz CT molecular complexity index is 871. The molecular weight excluding hydrogens is 446 g/mol. The molecule has 1 unspecified atom stereocenters. The van der Waals surface area contributed by atoms with Gasteiger partial charge in [-0.2, -0.15) is 0 Å². The SMILES string of the molecule is CCCN(CC1CCNCC1)C(C)CCNC(=O)COc1ccc(C)c(N2CCC(=O)NC2=O)c1. The number of piperidine rings is 1. The third-order valence-corrected chi connectivity index (χ3v) is 6.87. The number of hydrogen-bond donors (Lipinski definition) is 3. The third kappa shape index (κ3) is 8.21. The highest BCUT2D eigenvalue weighted by Gasteiger charge is 2.25. The standard InChI is InChI=1S/C26H41N5O4/c1-4-14-30(17-21-8-11-27-12-9-21)20(3)7-13-28-25(33)18-35-22-6-5-19(2)23(16-22)31-15-10-24(32)29-26(31)34/h5-6,16,20-21,27H,4,7-15,17-18H2,1-3H3,(H,28,33)(H,29,32,34). The number of nitrogens with one attached hydrogen (secondary N) is 3. The minimum Gasteiger partial charge on any atom is -0.484 e. The number of amides is 4. The molecule has 0 aliphatic carbocycles. The normalized spacial score (nSPS) is 17.9. The molecule has 0 spiro atoms. The Morgan fingerprint density at radius 1 is 1.29 bits per heavy atom. The summed E-state index contributed by atoms with van der Waals surface area (Å²) in [6, 6.07) is 5.34. The smallest absolute Gasteiger partial charge is 0.328 e. The van der Waals surface area contributed by atoms with Crippen molar-refractivity contribution >= 4 is 23.5 Å². The van der Waals surface area contributed by atoms with Gasteiger partial charge in [-0.1, -0.05) is 13.0 Å². The molecule has 2 saturated heterocycles. The molecule has 35 heavy (non-hydrogen) atoms. The van der Waals surface area contributed by atoms with E-state index in [9.17, 15) is 14.4 Å². The molecule has 9 nitrogen and oxygen atoms in total. The molecule has 3 N–H and O–H groups in total. The van der Waals surface area contributed by atoms with Crippen molar-refractivity contribution < 1.29 is 19.1 Å². The maximum Gasteiger partial charge on any atom is 0.328 e. The van der Waals surface area contributed by atoms with Gasteiger partial charge in [0.15, 0.2) is 6.61 Å². The summed E-state index contributed by atoms with van der Waals surface area (Å²) in [6.07, 6.45) is 4.76. The van der Waals surface area contributed by atoms with Crippen molar-refractivity contribution in [2.75, 3.05) is 50.8 Å². The van der Waals surface area contributed by atoms with Crippen LogP contribution in [-0.2, 0) is 9.59 Å². The van der Waals surface area contributed by atoms with Gasteiger partial charge in [-0.05, 0) is 76.7 Å². The van der Waals surface area contributed by atoms with Crippen LogP contribution in [0.25, 0.3) is 0 Å². The number of nitrogens with zero attached hydrogens (tertiary/aromatic N) is 2. The molecule has 194 valence electrons. The first kappa shape index (κ1) is 26.9. The average molecular weight is 488 g/mol. The predicted octanol–water partition coefficient (Wildman–Crippen LogP) is 2.43. The number of urea groups is 1. The van der Waals surface area contributed by atoms with E-state index in [4.69, 9.17) is 4.74 Å². The molecule has 1 atom stereocenters. The van der Waals surface area contributed by atoms with E-state index in [-0.39, 0.29) is 24.8 Å². The van der Waals surface area contributed by atoms with Crippen LogP contribution < -0.4 is 25.6 Å². The van der Waals surface area contributed by atoms with Crippen molar-refractivity contribution in [3.63, 3.8) is 0 Å². The number of benzene rings is 1. The molecule has 2 fully saturated rings. The molecule has 9 heteroatoms. The molecule has 0 saturated carbocycles. The summed E-state index contributed by atoms with van der Waals surface area (Å²) in [4.78, 5) is 40.1. The van der Waals surface area contributed by atoms with E-state index in [0.717, 1.165) is 50.5 Å². The summed E-state index contributed by atoms with van der Waals surface area (Å²) in [6.45, 7) is 11.6.